The number of fused-ring (bicyclic) bond motifs is 1. The van der Waals surface area contributed by atoms with Gasteiger partial charge in [0.2, 0.25) is 11.8 Å². The van der Waals surface area contributed by atoms with Gasteiger partial charge in [-0.15, -0.1) is 0 Å². The van der Waals surface area contributed by atoms with Crippen LogP contribution in [0.3, 0.4) is 0 Å². The minimum Gasteiger partial charge on any atom is -0.480 e. The van der Waals surface area contributed by atoms with Crippen LogP contribution in [0.15, 0.2) is 18.2 Å². The van der Waals surface area contributed by atoms with Crippen LogP contribution in [0.1, 0.15) is 31.7 Å². The van der Waals surface area contributed by atoms with E-state index in [0.29, 0.717) is 5.56 Å². The van der Waals surface area contributed by atoms with Gasteiger partial charge in [-0.1, -0.05) is 19.9 Å². The zero-order valence-corrected chi connectivity index (χ0v) is 12.2. The molecule has 0 saturated carbocycles. The Kier molecular flexibility index (Phi) is 4.44. The smallest absolute Gasteiger partial charge is 0.326 e. The van der Waals surface area contributed by atoms with Gasteiger partial charge in [0, 0.05) is 12.1 Å². The molecular formula is C15H17FN2O4. The Morgan fingerprint density at radius 1 is 1.41 bits per heavy atom. The molecule has 0 spiro atoms. The molecule has 1 aromatic rings. The largest absolute Gasteiger partial charge is 0.480 e. The number of carbonyl (C=O) groups is 3. The van der Waals surface area contributed by atoms with Crippen LogP contribution in [0.2, 0.25) is 0 Å². The lowest BCUT2D eigenvalue weighted by Crippen LogP contribution is -2.47. The summed E-state index contributed by atoms with van der Waals surface area (Å²) in [5, 5.41) is 14.1. The van der Waals surface area contributed by atoms with Crippen molar-refractivity contribution in [2.75, 3.05) is 5.32 Å². The number of aliphatic carboxylic acids is 1. The van der Waals surface area contributed by atoms with Crippen LogP contribution in [-0.4, -0.2) is 28.9 Å². The summed E-state index contributed by atoms with van der Waals surface area (Å²) in [7, 11) is 0. The van der Waals surface area contributed by atoms with Gasteiger partial charge >= 0.3 is 5.97 Å². The van der Waals surface area contributed by atoms with Crippen molar-refractivity contribution in [3.05, 3.63) is 29.6 Å². The van der Waals surface area contributed by atoms with Gasteiger partial charge in [0.05, 0.1) is 5.92 Å². The second-order valence-electron chi connectivity index (χ2n) is 5.60. The summed E-state index contributed by atoms with van der Waals surface area (Å²) in [5.74, 6) is -3.75. The minimum absolute atomic E-state index is 0.102. The Bertz CT molecular complexity index is 630. The molecule has 0 bridgehead atoms. The van der Waals surface area contributed by atoms with Gasteiger partial charge < -0.3 is 15.7 Å². The van der Waals surface area contributed by atoms with Gasteiger partial charge in [0.15, 0.2) is 0 Å². The number of hydrogen-bond donors (Lipinski definition) is 3. The SMILES string of the molecule is CC(C)[C@@H](NC(=O)C1CC(=O)Nc2cc(F)ccc21)C(=O)O. The molecule has 118 valence electrons. The molecular weight excluding hydrogens is 291 g/mol. The van der Waals surface area contributed by atoms with E-state index in [1.165, 1.54) is 12.1 Å². The summed E-state index contributed by atoms with van der Waals surface area (Å²) in [6.45, 7) is 3.35. The maximum atomic E-state index is 13.2. The maximum absolute atomic E-state index is 13.2. The summed E-state index contributed by atoms with van der Waals surface area (Å²) in [5.41, 5.74) is 0.721. The molecule has 1 heterocycles. The molecule has 1 aromatic carbocycles. The number of rotatable bonds is 4. The van der Waals surface area contributed by atoms with Crippen LogP contribution in [-0.2, 0) is 14.4 Å². The molecule has 0 aromatic heterocycles. The van der Waals surface area contributed by atoms with Gasteiger partial charge in [-0.25, -0.2) is 9.18 Å². The Morgan fingerprint density at radius 3 is 2.68 bits per heavy atom. The number of carboxylic acid groups (broad SMARTS) is 1. The topological polar surface area (TPSA) is 95.5 Å². The lowest BCUT2D eigenvalue weighted by molar-refractivity contribution is -0.143. The lowest BCUT2D eigenvalue weighted by atomic mass is 9.89. The third-order valence-corrected chi connectivity index (χ3v) is 3.60. The molecule has 2 atom stereocenters. The fourth-order valence-electron chi connectivity index (χ4n) is 2.44. The van der Waals surface area contributed by atoms with Crippen LogP contribution < -0.4 is 10.6 Å². The van der Waals surface area contributed by atoms with E-state index in [2.05, 4.69) is 10.6 Å². The molecule has 0 radical (unpaired) electrons. The maximum Gasteiger partial charge on any atom is 0.326 e. The predicted octanol–water partition coefficient (Wildman–Crippen LogP) is 1.48. The van der Waals surface area contributed by atoms with Crippen LogP contribution in [0.5, 0.6) is 0 Å². The molecule has 1 aliphatic rings. The highest BCUT2D eigenvalue weighted by Gasteiger charge is 2.33. The molecule has 0 fully saturated rings. The van der Waals surface area contributed by atoms with Crippen molar-refractivity contribution in [1.82, 2.24) is 5.32 Å². The second kappa shape index (κ2) is 6.13. The number of nitrogens with one attached hydrogen (secondary N) is 2. The highest BCUT2D eigenvalue weighted by Crippen LogP contribution is 2.33. The fourth-order valence-corrected chi connectivity index (χ4v) is 2.44. The summed E-state index contributed by atoms with van der Waals surface area (Å²) >= 11 is 0. The van der Waals surface area contributed by atoms with E-state index >= 15 is 0 Å². The Morgan fingerprint density at radius 2 is 2.09 bits per heavy atom. The molecule has 2 rings (SSSR count). The third-order valence-electron chi connectivity index (χ3n) is 3.60. The Hall–Kier alpha value is -2.44. The number of halogens is 1. The van der Waals surface area contributed by atoms with Crippen molar-refractivity contribution in [3.8, 4) is 0 Å². The zero-order chi connectivity index (χ0) is 16.4. The summed E-state index contributed by atoms with van der Waals surface area (Å²) in [6, 6.07) is 2.73. The van der Waals surface area contributed by atoms with E-state index in [1.807, 2.05) is 0 Å². The first kappa shape index (κ1) is 15.9. The van der Waals surface area contributed by atoms with E-state index in [0.717, 1.165) is 6.07 Å². The van der Waals surface area contributed by atoms with E-state index in [-0.39, 0.29) is 18.0 Å². The average Bonchev–Trinajstić information content (AvgIpc) is 2.42. The summed E-state index contributed by atoms with van der Waals surface area (Å²) in [4.78, 5) is 35.2. The van der Waals surface area contributed by atoms with Gasteiger partial charge in [-0.05, 0) is 23.6 Å². The monoisotopic (exact) mass is 308 g/mol. The molecule has 0 aliphatic carbocycles. The standard InChI is InChI=1S/C15H17FN2O4/c1-7(2)13(15(21)22)18-14(20)10-6-12(19)17-11-5-8(16)3-4-9(10)11/h3-5,7,10,13H,6H2,1-2H3,(H,17,19)(H,18,20)(H,21,22)/t10?,13-/m1/s1. The molecule has 1 unspecified atom stereocenters. The quantitative estimate of drug-likeness (QED) is 0.785. The molecule has 0 saturated heterocycles. The number of carbonyl (C=O) groups excluding carboxylic acids is 2. The summed E-state index contributed by atoms with van der Waals surface area (Å²) < 4.78 is 13.2. The van der Waals surface area contributed by atoms with E-state index in [4.69, 9.17) is 5.11 Å². The van der Waals surface area contributed by atoms with Gasteiger partial charge in [-0.2, -0.15) is 0 Å². The van der Waals surface area contributed by atoms with Crippen LogP contribution in [0.4, 0.5) is 10.1 Å². The summed E-state index contributed by atoms with van der Waals surface area (Å²) in [6.07, 6.45) is -0.102. The number of carboxylic acids is 1. The van der Waals surface area contributed by atoms with Crippen molar-refractivity contribution in [3.63, 3.8) is 0 Å². The van der Waals surface area contributed by atoms with Gasteiger partial charge in [0.25, 0.3) is 0 Å². The molecule has 2 amide bonds. The lowest BCUT2D eigenvalue weighted by Gasteiger charge is -2.27. The number of benzene rings is 1. The predicted molar refractivity (Wildman–Crippen MR) is 76.8 cm³/mol. The van der Waals surface area contributed by atoms with Gasteiger partial charge in [-0.3, -0.25) is 9.59 Å². The highest BCUT2D eigenvalue weighted by atomic mass is 19.1. The first-order valence-electron chi connectivity index (χ1n) is 6.92. The van der Waals surface area contributed by atoms with Crippen molar-refractivity contribution < 1.29 is 23.9 Å². The number of hydrogen-bond acceptors (Lipinski definition) is 3. The van der Waals surface area contributed by atoms with E-state index in [1.54, 1.807) is 13.8 Å². The van der Waals surface area contributed by atoms with Crippen LogP contribution in [0, 0.1) is 11.7 Å². The van der Waals surface area contributed by atoms with E-state index in [9.17, 15) is 18.8 Å². The number of anilines is 1. The normalized spacial score (nSPS) is 18.4. The van der Waals surface area contributed by atoms with Crippen molar-refractivity contribution >= 4 is 23.5 Å². The van der Waals surface area contributed by atoms with E-state index < -0.39 is 35.6 Å². The first-order chi connectivity index (χ1) is 10.3. The van der Waals surface area contributed by atoms with Crippen LogP contribution in [0.25, 0.3) is 0 Å². The minimum atomic E-state index is -1.14. The molecule has 1 aliphatic heterocycles. The molecule has 3 N–H and O–H groups in total. The van der Waals surface area contributed by atoms with Crippen molar-refractivity contribution in [2.24, 2.45) is 5.92 Å². The first-order valence-corrected chi connectivity index (χ1v) is 6.92. The molecule has 7 heteroatoms. The number of amides is 2. The van der Waals surface area contributed by atoms with Crippen molar-refractivity contribution in [1.29, 1.82) is 0 Å². The Balaban J connectivity index is 2.27. The third kappa shape index (κ3) is 3.24. The fraction of sp³-hybridized carbons (Fsp3) is 0.400. The van der Waals surface area contributed by atoms with Crippen molar-refractivity contribution in [2.45, 2.75) is 32.2 Å². The highest BCUT2D eigenvalue weighted by molar-refractivity contribution is 6.01. The average molecular weight is 308 g/mol. The Labute approximate surface area is 126 Å². The second-order valence-corrected chi connectivity index (χ2v) is 5.60. The molecule has 22 heavy (non-hydrogen) atoms. The van der Waals surface area contributed by atoms with Gasteiger partial charge in [0.1, 0.15) is 11.9 Å². The molecule has 6 nitrogen and oxygen atoms in total. The van der Waals surface area contributed by atoms with Crippen LogP contribution >= 0.6 is 0 Å². The zero-order valence-electron chi connectivity index (χ0n) is 12.2.